The van der Waals surface area contributed by atoms with Crippen LogP contribution in [0.1, 0.15) is 141 Å². The molecule has 0 bridgehead atoms. The minimum atomic E-state index is -0.937. The maximum atomic E-state index is 14.5. The van der Waals surface area contributed by atoms with Crippen molar-refractivity contribution < 1.29 is 64.2 Å². The molecule has 12 aromatic rings. The van der Waals surface area contributed by atoms with Gasteiger partial charge in [-0.15, -0.1) is 0 Å². The first-order valence-corrected chi connectivity index (χ1v) is 46.0. The van der Waals surface area contributed by atoms with Crippen LogP contribution >= 0.6 is 0 Å². The van der Waals surface area contributed by atoms with E-state index in [1.54, 1.807) is 129 Å². The summed E-state index contributed by atoms with van der Waals surface area (Å²) >= 11 is 0. The van der Waals surface area contributed by atoms with Crippen LogP contribution < -0.4 is 30.2 Å². The van der Waals surface area contributed by atoms with Crippen LogP contribution in [0.2, 0.25) is 0 Å². The average Bonchev–Trinajstić information content (AvgIpc) is 1.63. The van der Waals surface area contributed by atoms with Crippen LogP contribution in [0.3, 0.4) is 0 Å². The fourth-order valence-corrected chi connectivity index (χ4v) is 18.8. The molecule has 38 heteroatoms. The van der Waals surface area contributed by atoms with Gasteiger partial charge in [-0.05, 0) is 200 Å². The molecule has 136 heavy (non-hydrogen) atoms. The highest BCUT2D eigenvalue weighted by atomic mass is 19.2. The van der Waals surface area contributed by atoms with Crippen molar-refractivity contribution in [2.24, 2.45) is 0 Å². The third kappa shape index (κ3) is 21.4. The Hall–Kier alpha value is -13.9. The van der Waals surface area contributed by atoms with E-state index < -0.39 is 52.1 Å². The number of hydrogen-bond acceptors (Lipinski definition) is 21. The average molecular weight is 1870 g/mol. The van der Waals surface area contributed by atoms with E-state index in [-0.39, 0.29) is 66.3 Å². The highest BCUT2D eigenvalue weighted by molar-refractivity contribution is 5.96. The number of nitrogens with one attached hydrogen (secondary N) is 2. The molecule has 1 unspecified atom stereocenters. The number of carbonyl (C=O) groups excluding carboxylic acids is 5. The quantitative estimate of drug-likeness (QED) is 0.0531. The molecule has 30 nitrogen and oxygen atoms in total. The van der Waals surface area contributed by atoms with Crippen molar-refractivity contribution in [3.63, 3.8) is 0 Å². The molecule has 4 aromatic carbocycles. The molecule has 8 aliphatic heterocycles. The Morgan fingerprint density at radius 3 is 1.03 bits per heavy atom. The lowest BCUT2D eigenvalue weighted by molar-refractivity contribution is -0.134. The molecule has 8 aliphatic rings. The van der Waals surface area contributed by atoms with Gasteiger partial charge in [0.25, 0.3) is 0 Å². The minimum absolute atomic E-state index is 0.0209. The normalized spacial score (nSPS) is 19.9. The number of anilines is 4. The van der Waals surface area contributed by atoms with Crippen molar-refractivity contribution >= 4 is 99.7 Å². The number of amides is 5. The summed E-state index contributed by atoms with van der Waals surface area (Å²) in [6.07, 6.45) is 32.8. The fraction of sp³-hybridized carbons (Fsp3) is 0.378. The van der Waals surface area contributed by atoms with E-state index in [2.05, 4.69) is 47.8 Å². The number of carbonyl (C=O) groups is 5. The lowest BCUT2D eigenvalue weighted by Gasteiger charge is -2.39. The van der Waals surface area contributed by atoms with Gasteiger partial charge in [0.15, 0.2) is 22.6 Å². The summed E-state index contributed by atoms with van der Waals surface area (Å²) in [7, 11) is 2.05. The lowest BCUT2D eigenvalue weighted by atomic mass is 9.97. The van der Waals surface area contributed by atoms with Gasteiger partial charge in [-0.25, -0.2) is 73.1 Å². The van der Waals surface area contributed by atoms with Crippen molar-refractivity contribution in [3.8, 4) is 0 Å². The van der Waals surface area contributed by atoms with Gasteiger partial charge in [0.2, 0.25) is 29.5 Å². The molecule has 8 fully saturated rings. The number of rotatable bonds is 18. The zero-order valence-electron chi connectivity index (χ0n) is 75.8. The van der Waals surface area contributed by atoms with Gasteiger partial charge < -0.3 is 64.7 Å². The van der Waals surface area contributed by atoms with Crippen LogP contribution in [0.4, 0.5) is 58.4 Å². The summed E-state index contributed by atoms with van der Waals surface area (Å²) in [4.78, 5) is 100. The van der Waals surface area contributed by atoms with Gasteiger partial charge in [-0.1, -0.05) is 6.92 Å². The SMILES string of the molecule is CC(C)(O)C1CN(C(=O)/C=C/c2cnn3ccc(N4CCC[C@@H]4c4cc(F)ccc4F)nc23)CCN1.CCN1CCN(C(=O)/C=C/c2cnn3ccc(N4CCC[C@@H]4c4cc(F)ccc4F)nc23)CC1.CN1CCN(C(=O)/C=C/c2cnn3ccc(N4CCC[C@@H]4c4cc(F)ccc4F)nc23)CC1.O=C1CN(C(=O)/C=C/c2cnn3ccc(N4CCC[C@@H]4c4cc(F)ccc4F)nc23)CCN1. The second-order valence-corrected chi connectivity index (χ2v) is 35.5. The first kappa shape index (κ1) is 93.9. The molecule has 0 saturated carbocycles. The molecule has 0 radical (unpaired) electrons. The van der Waals surface area contributed by atoms with E-state index in [0.717, 1.165) is 132 Å². The Bertz CT molecular complexity index is 6520. The Labute approximate surface area is 779 Å². The van der Waals surface area contributed by atoms with E-state index >= 15 is 0 Å². The molecule has 8 saturated heterocycles. The number of hydrogen-bond donors (Lipinski definition) is 3. The molecule has 5 atom stereocenters. The van der Waals surface area contributed by atoms with Crippen molar-refractivity contribution in [3.05, 3.63) is 262 Å². The molecular weight excluding hydrogens is 1760 g/mol. The summed E-state index contributed by atoms with van der Waals surface area (Å²) in [5.41, 5.74) is 5.51. The number of nitrogens with zero attached hydrogens (tertiary/aromatic N) is 22. The second kappa shape index (κ2) is 41.6. The van der Waals surface area contributed by atoms with E-state index in [0.29, 0.717) is 164 Å². The number of aromatic nitrogens is 12. The van der Waals surface area contributed by atoms with E-state index in [9.17, 15) is 64.2 Å². The largest absolute Gasteiger partial charge is 0.389 e. The summed E-state index contributed by atoms with van der Waals surface area (Å²) < 4.78 is 120. The molecule has 16 heterocycles. The van der Waals surface area contributed by atoms with E-state index in [1.165, 1.54) is 53.5 Å². The molecule has 0 spiro atoms. The molecule has 0 aliphatic carbocycles. The number of fused-ring (bicyclic) bond motifs is 4. The first-order chi connectivity index (χ1) is 65.7. The highest BCUT2D eigenvalue weighted by Crippen LogP contribution is 2.42. The molecule has 3 N–H and O–H groups in total. The summed E-state index contributed by atoms with van der Waals surface area (Å²) in [5, 5.41) is 33.5. The van der Waals surface area contributed by atoms with E-state index in [4.69, 9.17) is 19.9 Å². The van der Waals surface area contributed by atoms with Crippen LogP contribution in [0.25, 0.3) is 46.9 Å². The highest BCUT2D eigenvalue weighted by Gasteiger charge is 2.37. The van der Waals surface area contributed by atoms with Crippen molar-refractivity contribution in [2.75, 3.05) is 151 Å². The third-order valence-corrected chi connectivity index (χ3v) is 26.2. The number of aliphatic hydroxyl groups is 1. The maximum absolute atomic E-state index is 14.5. The predicted molar refractivity (Wildman–Crippen MR) is 498 cm³/mol. The number of benzene rings is 4. The molecule has 8 aromatic heterocycles. The zero-order chi connectivity index (χ0) is 95.0. The standard InChI is InChI=1S/C26H30F2N6O2.C25H28F2N6O.C24H26F2N6O.C23H22F2N6O2/c1-26(2,36)22-16-32(13-10-29-22)24(35)8-5-17-15-30-34-12-9-23(31-25(17)34)33-11-3-4-21(33)19-14-18(27)6-7-20(19)28;1-2-30-12-14-31(15-13-30)24(34)8-5-18-17-28-33-11-9-23(29-25(18)33)32-10-3-4-22(32)20-16-19(26)6-7-21(20)27;1-29-11-13-30(14-12-29)23(33)7-4-17-16-27-32-10-8-22(28-24(17)32)31-9-2-3-21(31)19-15-18(25)5-6-20(19)26;24-16-4-5-18(25)17(12-16)19-2-1-9-30(19)20-7-10-31-23(28-20)15(13-27-31)3-6-22(33)29-11-8-26-21(32)14-29/h5-9,12,14-15,21-22,29,36H,3-4,10-11,13,16H2,1-2H3;5-9,11,16-17,22H,2-4,10,12-15H2,1H3;4-8,10,15-16,21H,2-3,9,11-14H2,1H3;3-7,10,12-13,19H,1-2,8-9,11,14H2,(H,26,32)/b2*8-5+;7-4+;6-3+/t21-,22?;22-;21-;19-/m1111/s1. The third-order valence-electron chi connectivity index (χ3n) is 26.2. The monoisotopic (exact) mass is 1870 g/mol. The molecule has 710 valence electrons. The van der Waals surface area contributed by atoms with Gasteiger partial charge in [0, 0.05) is 205 Å². The molecule has 5 amide bonds. The number of likely N-dealkylation sites (N-methyl/N-ethyl adjacent to an activating group) is 2. The second-order valence-electron chi connectivity index (χ2n) is 35.5. The van der Waals surface area contributed by atoms with Crippen molar-refractivity contribution in [1.82, 2.24) is 98.4 Å². The van der Waals surface area contributed by atoms with Crippen LogP contribution in [0.5, 0.6) is 0 Å². The van der Waals surface area contributed by atoms with Crippen molar-refractivity contribution in [2.45, 2.75) is 108 Å². The number of piperazine rings is 4. The predicted octanol–water partition coefficient (Wildman–Crippen LogP) is 11.9. The fourth-order valence-electron chi connectivity index (χ4n) is 18.8. The summed E-state index contributed by atoms with van der Waals surface area (Å²) in [6.45, 7) is 18.2. The smallest absolute Gasteiger partial charge is 0.247 e. The van der Waals surface area contributed by atoms with Crippen molar-refractivity contribution in [1.29, 1.82) is 0 Å². The Morgan fingerprint density at radius 2 is 0.713 bits per heavy atom. The minimum Gasteiger partial charge on any atom is -0.389 e. The molecule has 20 rings (SSSR count). The maximum Gasteiger partial charge on any atom is 0.247 e. The number of halogens is 8. The van der Waals surface area contributed by atoms with Crippen LogP contribution in [-0.2, 0) is 24.0 Å². The summed E-state index contributed by atoms with van der Waals surface area (Å²) in [6, 6.07) is 20.1. The van der Waals surface area contributed by atoms with Gasteiger partial charge in [-0.2, -0.15) is 20.4 Å². The topological polar surface area (TPSA) is 283 Å². The Kier molecular flexibility index (Phi) is 28.7. The first-order valence-electron chi connectivity index (χ1n) is 46.0. The van der Waals surface area contributed by atoms with Crippen LogP contribution in [-0.4, -0.2) is 265 Å². The van der Waals surface area contributed by atoms with Gasteiger partial charge in [-0.3, -0.25) is 24.0 Å². The van der Waals surface area contributed by atoms with Gasteiger partial charge in [0.1, 0.15) is 69.8 Å². The lowest BCUT2D eigenvalue weighted by Crippen LogP contribution is -2.60. The van der Waals surface area contributed by atoms with Gasteiger partial charge in [0.05, 0.1) is 67.1 Å². The summed E-state index contributed by atoms with van der Waals surface area (Å²) in [5.74, 6) is -1.54. The van der Waals surface area contributed by atoms with E-state index in [1.807, 2.05) is 54.6 Å². The molecular formula is C98H106F8N24O6. The van der Waals surface area contributed by atoms with Crippen LogP contribution in [0.15, 0.2) is 171 Å². The zero-order valence-corrected chi connectivity index (χ0v) is 75.8. The Balaban J connectivity index is 0.000000126. The van der Waals surface area contributed by atoms with Gasteiger partial charge >= 0.3 is 0 Å². The Morgan fingerprint density at radius 1 is 0.404 bits per heavy atom. The van der Waals surface area contributed by atoms with Crippen LogP contribution in [0, 0.1) is 46.5 Å².